The van der Waals surface area contributed by atoms with Crippen molar-refractivity contribution in [2.75, 3.05) is 4.90 Å². The lowest BCUT2D eigenvalue weighted by Crippen LogP contribution is -2.33. The Kier molecular flexibility index (Phi) is 3.71. The Morgan fingerprint density at radius 2 is 2.04 bits per heavy atom. The molecule has 0 saturated heterocycles. The Hall–Kier alpha value is -2.23. The van der Waals surface area contributed by atoms with Crippen LogP contribution in [0.1, 0.15) is 23.7 Å². The predicted molar refractivity (Wildman–Crippen MR) is 84.9 cm³/mol. The van der Waals surface area contributed by atoms with Crippen molar-refractivity contribution >= 4 is 27.6 Å². The predicted octanol–water partition coefficient (Wildman–Crippen LogP) is 0.922. The second kappa shape index (κ2) is 5.44. The quantitative estimate of drug-likeness (QED) is 0.868. The lowest BCUT2D eigenvalue weighted by atomic mass is 10.1. The summed E-state index contributed by atoms with van der Waals surface area (Å²) in [6, 6.07) is 7.44. The van der Waals surface area contributed by atoms with Crippen LogP contribution >= 0.6 is 0 Å². The molecule has 1 aromatic heterocycles. The maximum atomic E-state index is 12.2. The van der Waals surface area contributed by atoms with Crippen LogP contribution in [0.2, 0.25) is 0 Å². The van der Waals surface area contributed by atoms with Crippen molar-refractivity contribution in [2.24, 2.45) is 5.14 Å². The first-order valence-corrected chi connectivity index (χ1v) is 8.49. The maximum absolute atomic E-state index is 12.2. The van der Waals surface area contributed by atoms with E-state index in [1.165, 1.54) is 11.8 Å². The van der Waals surface area contributed by atoms with Gasteiger partial charge in [0.05, 0.1) is 17.9 Å². The molecule has 1 aromatic carbocycles. The zero-order valence-electron chi connectivity index (χ0n) is 12.8. The third-order valence-electron chi connectivity index (χ3n) is 3.84. The molecule has 0 atom stereocenters. The van der Waals surface area contributed by atoms with Gasteiger partial charge >= 0.3 is 0 Å². The number of nitrogens with two attached hydrogens (primary N) is 1. The first-order valence-electron chi connectivity index (χ1n) is 6.99. The number of rotatable bonds is 3. The molecule has 1 aliphatic rings. The van der Waals surface area contributed by atoms with Crippen LogP contribution in [0.15, 0.2) is 24.3 Å². The van der Waals surface area contributed by atoms with Gasteiger partial charge in [-0.1, -0.05) is 18.2 Å². The molecule has 0 unspecified atom stereocenters. The number of para-hydroxylation sites is 1. The lowest BCUT2D eigenvalue weighted by Gasteiger charge is -2.22. The van der Waals surface area contributed by atoms with E-state index in [4.69, 9.17) is 5.14 Å². The zero-order chi connectivity index (χ0) is 16.8. The summed E-state index contributed by atoms with van der Waals surface area (Å²) in [7, 11) is -3.79. The third kappa shape index (κ3) is 2.74. The van der Waals surface area contributed by atoms with Crippen molar-refractivity contribution in [3.8, 4) is 0 Å². The van der Waals surface area contributed by atoms with E-state index in [1.807, 2.05) is 31.2 Å². The van der Waals surface area contributed by atoms with Gasteiger partial charge in [0.25, 0.3) is 10.2 Å². The van der Waals surface area contributed by atoms with Gasteiger partial charge in [-0.05, 0) is 18.6 Å². The van der Waals surface area contributed by atoms with Crippen LogP contribution in [0.5, 0.6) is 0 Å². The number of benzene rings is 1. The minimum Gasteiger partial charge on any atom is -0.279 e. The van der Waals surface area contributed by atoms with E-state index in [-0.39, 0.29) is 19.0 Å². The number of amides is 1. The second-order valence-corrected chi connectivity index (χ2v) is 7.00. The number of nitrogens with zero attached hydrogens (tertiary/aromatic N) is 3. The molecule has 1 amide bonds. The summed E-state index contributed by atoms with van der Waals surface area (Å²) in [6.45, 7) is 3.56. The zero-order valence-corrected chi connectivity index (χ0v) is 13.6. The minimum absolute atomic E-state index is 0.0929. The van der Waals surface area contributed by atoms with Crippen LogP contribution in [0.3, 0.4) is 0 Å². The summed E-state index contributed by atoms with van der Waals surface area (Å²) >= 11 is 0. The number of aromatic amines is 1. The Bertz CT molecular complexity index is 874. The molecule has 0 saturated carbocycles. The van der Waals surface area contributed by atoms with Gasteiger partial charge in [-0.15, -0.1) is 0 Å². The molecule has 0 bridgehead atoms. The Balaban J connectivity index is 2.06. The molecule has 3 N–H and O–H groups in total. The highest BCUT2D eigenvalue weighted by atomic mass is 32.2. The number of aryl methyl sites for hydroxylation is 1. The van der Waals surface area contributed by atoms with Crippen molar-refractivity contribution in [3.05, 3.63) is 41.1 Å². The summed E-state index contributed by atoms with van der Waals surface area (Å²) in [5.41, 5.74) is 2.94. The monoisotopic (exact) mass is 335 g/mol. The number of hydrogen-bond acceptors (Lipinski definition) is 4. The molecule has 122 valence electrons. The summed E-state index contributed by atoms with van der Waals surface area (Å²) in [5.74, 6) is 0.204. The highest BCUT2D eigenvalue weighted by Gasteiger charge is 2.33. The number of fused-ring (bicyclic) bond motifs is 1. The summed E-state index contributed by atoms with van der Waals surface area (Å²) in [4.78, 5) is 13.7. The Morgan fingerprint density at radius 3 is 2.65 bits per heavy atom. The molecule has 1 aliphatic heterocycles. The number of nitrogens with one attached hydrogen (secondary N) is 1. The van der Waals surface area contributed by atoms with Crippen molar-refractivity contribution in [3.63, 3.8) is 0 Å². The molecule has 2 heterocycles. The van der Waals surface area contributed by atoms with Crippen LogP contribution in [0.25, 0.3) is 0 Å². The molecule has 0 aliphatic carbocycles. The Morgan fingerprint density at radius 1 is 1.35 bits per heavy atom. The average Bonchev–Trinajstić information content (AvgIpc) is 3.02. The average molecular weight is 335 g/mol. The van der Waals surface area contributed by atoms with E-state index in [9.17, 15) is 13.2 Å². The molecule has 9 heteroatoms. The smallest absolute Gasteiger partial charge is 0.277 e. The Labute approximate surface area is 134 Å². The standard InChI is InChI=1S/C14H17N5O3S/c1-9-5-3-4-6-13(9)19(10(2)20)14-11-7-18(23(15,21)22)8-12(11)16-17-14/h3-6H,7-8H2,1-2H3,(H,16,17)(H2,15,21,22). The van der Waals surface area contributed by atoms with Crippen LogP contribution in [0, 0.1) is 6.92 Å². The van der Waals surface area contributed by atoms with Crippen LogP contribution in [-0.2, 0) is 28.1 Å². The number of carbonyl (C=O) groups excluding carboxylic acids is 1. The second-order valence-electron chi connectivity index (χ2n) is 5.46. The van der Waals surface area contributed by atoms with Gasteiger partial charge in [-0.3, -0.25) is 14.8 Å². The van der Waals surface area contributed by atoms with E-state index in [1.54, 1.807) is 0 Å². The fourth-order valence-corrected chi connectivity index (χ4v) is 3.33. The molecule has 2 aromatic rings. The topological polar surface area (TPSA) is 112 Å². The van der Waals surface area contributed by atoms with Crippen molar-refractivity contribution in [1.29, 1.82) is 0 Å². The molecule has 0 radical (unpaired) electrons. The van der Waals surface area contributed by atoms with Crippen molar-refractivity contribution in [2.45, 2.75) is 26.9 Å². The van der Waals surface area contributed by atoms with Gasteiger partial charge in [0.15, 0.2) is 5.82 Å². The summed E-state index contributed by atoms with van der Waals surface area (Å²) < 4.78 is 24.2. The molecule has 3 rings (SSSR count). The summed E-state index contributed by atoms with van der Waals surface area (Å²) in [5, 5.41) is 12.2. The molecule has 23 heavy (non-hydrogen) atoms. The molecular formula is C14H17N5O3S. The third-order valence-corrected chi connectivity index (χ3v) is 4.82. The maximum Gasteiger partial charge on any atom is 0.277 e. The van der Waals surface area contributed by atoms with Gasteiger partial charge in [0, 0.05) is 19.0 Å². The number of anilines is 2. The molecule has 8 nitrogen and oxygen atoms in total. The van der Waals surface area contributed by atoms with Gasteiger partial charge in [0.2, 0.25) is 5.91 Å². The van der Waals surface area contributed by atoms with Crippen molar-refractivity contribution < 1.29 is 13.2 Å². The van der Waals surface area contributed by atoms with Crippen LogP contribution < -0.4 is 10.0 Å². The van der Waals surface area contributed by atoms with E-state index in [0.717, 1.165) is 9.87 Å². The van der Waals surface area contributed by atoms with Gasteiger partial charge in [-0.25, -0.2) is 5.14 Å². The normalized spacial score (nSPS) is 14.7. The minimum atomic E-state index is -3.79. The van der Waals surface area contributed by atoms with E-state index < -0.39 is 10.2 Å². The van der Waals surface area contributed by atoms with Crippen LogP contribution in [-0.4, -0.2) is 28.8 Å². The van der Waals surface area contributed by atoms with E-state index >= 15 is 0 Å². The molecular weight excluding hydrogens is 318 g/mol. The SMILES string of the molecule is CC(=O)N(c1ccccc1C)c1n[nH]c2c1CN(S(N)(=O)=O)C2. The lowest BCUT2D eigenvalue weighted by molar-refractivity contribution is -0.115. The van der Waals surface area contributed by atoms with E-state index in [0.29, 0.717) is 22.8 Å². The van der Waals surface area contributed by atoms with Gasteiger partial charge in [0.1, 0.15) is 0 Å². The fraction of sp³-hybridized carbons (Fsp3) is 0.286. The first-order chi connectivity index (χ1) is 10.8. The number of aromatic nitrogens is 2. The highest BCUT2D eigenvalue weighted by Crippen LogP contribution is 2.35. The van der Waals surface area contributed by atoms with Gasteiger partial charge < -0.3 is 0 Å². The first kappa shape index (κ1) is 15.7. The van der Waals surface area contributed by atoms with Crippen molar-refractivity contribution in [1.82, 2.24) is 14.5 Å². The number of H-pyrrole nitrogens is 1. The van der Waals surface area contributed by atoms with Gasteiger partial charge in [-0.2, -0.15) is 17.8 Å². The highest BCUT2D eigenvalue weighted by molar-refractivity contribution is 7.86. The van der Waals surface area contributed by atoms with E-state index in [2.05, 4.69) is 10.2 Å². The fourth-order valence-electron chi connectivity index (χ4n) is 2.71. The summed E-state index contributed by atoms with van der Waals surface area (Å²) in [6.07, 6.45) is 0. The number of hydrogen-bond donors (Lipinski definition) is 2. The largest absolute Gasteiger partial charge is 0.279 e. The van der Waals surface area contributed by atoms with Crippen LogP contribution in [0.4, 0.5) is 11.5 Å². The molecule has 0 spiro atoms. The number of carbonyl (C=O) groups is 1. The molecule has 0 fully saturated rings.